The van der Waals surface area contributed by atoms with Gasteiger partial charge in [0.15, 0.2) is 5.13 Å². The molecule has 1 amide bonds. The predicted octanol–water partition coefficient (Wildman–Crippen LogP) is 5.54. The Morgan fingerprint density at radius 1 is 1.23 bits per heavy atom. The molecule has 0 unspecified atom stereocenters. The van der Waals surface area contributed by atoms with E-state index in [0.29, 0.717) is 5.13 Å². The van der Waals surface area contributed by atoms with Crippen molar-refractivity contribution in [1.29, 1.82) is 0 Å². The molecule has 0 saturated carbocycles. The number of ether oxygens (including phenoxy) is 1. The van der Waals surface area contributed by atoms with Crippen molar-refractivity contribution in [3.05, 3.63) is 69.5 Å². The van der Waals surface area contributed by atoms with Crippen LogP contribution in [0.4, 0.5) is 5.13 Å². The minimum Gasteiger partial charge on any atom is -0.496 e. The van der Waals surface area contributed by atoms with E-state index in [1.165, 1.54) is 23.0 Å². The van der Waals surface area contributed by atoms with Gasteiger partial charge in [0.25, 0.3) is 0 Å². The molecule has 0 saturated heterocycles. The van der Waals surface area contributed by atoms with Crippen LogP contribution >= 0.6 is 27.3 Å². The van der Waals surface area contributed by atoms with Gasteiger partial charge >= 0.3 is 0 Å². The molecule has 0 bridgehead atoms. The number of thiazole rings is 1. The van der Waals surface area contributed by atoms with Crippen molar-refractivity contribution < 1.29 is 9.53 Å². The van der Waals surface area contributed by atoms with Crippen LogP contribution < -0.4 is 10.1 Å². The number of aromatic nitrogens is 1. The van der Waals surface area contributed by atoms with Crippen molar-refractivity contribution in [1.82, 2.24) is 4.98 Å². The highest BCUT2D eigenvalue weighted by molar-refractivity contribution is 9.10. The molecule has 26 heavy (non-hydrogen) atoms. The number of aryl methyl sites for hydroxylation is 1. The van der Waals surface area contributed by atoms with Gasteiger partial charge in [-0.25, -0.2) is 4.98 Å². The Labute approximate surface area is 164 Å². The first kappa shape index (κ1) is 18.4. The van der Waals surface area contributed by atoms with Gasteiger partial charge in [0, 0.05) is 17.0 Å². The zero-order valence-corrected chi connectivity index (χ0v) is 16.7. The van der Waals surface area contributed by atoms with Crippen molar-refractivity contribution in [2.45, 2.75) is 6.92 Å². The minimum atomic E-state index is -0.221. The average molecular weight is 429 g/mol. The molecule has 0 aliphatic heterocycles. The molecule has 0 fully saturated rings. The van der Waals surface area contributed by atoms with Crippen molar-refractivity contribution in [3.8, 4) is 17.0 Å². The fraction of sp³-hybridized carbons (Fsp3) is 0.100. The van der Waals surface area contributed by atoms with Gasteiger partial charge in [0.1, 0.15) is 5.75 Å². The van der Waals surface area contributed by atoms with Crippen molar-refractivity contribution >= 4 is 44.4 Å². The highest BCUT2D eigenvalue weighted by atomic mass is 79.9. The Hall–Kier alpha value is -2.44. The molecule has 6 heteroatoms. The van der Waals surface area contributed by atoms with Crippen LogP contribution in [0.2, 0.25) is 0 Å². The fourth-order valence-corrected chi connectivity index (χ4v) is 3.57. The molecule has 0 aliphatic rings. The van der Waals surface area contributed by atoms with Crippen LogP contribution in [0.15, 0.2) is 58.4 Å². The molecule has 0 aliphatic carbocycles. The van der Waals surface area contributed by atoms with Crippen LogP contribution in [0.25, 0.3) is 17.3 Å². The number of nitrogens with one attached hydrogen (secondary N) is 1. The van der Waals surface area contributed by atoms with E-state index in [-0.39, 0.29) is 5.91 Å². The normalized spacial score (nSPS) is 10.9. The van der Waals surface area contributed by atoms with Gasteiger partial charge in [-0.15, -0.1) is 11.3 Å². The Morgan fingerprint density at radius 2 is 2.00 bits per heavy atom. The number of halogens is 1. The molecule has 3 rings (SSSR count). The molecule has 2 aromatic carbocycles. The molecule has 3 aromatic rings. The smallest absolute Gasteiger partial charge is 0.250 e. The molecule has 0 atom stereocenters. The van der Waals surface area contributed by atoms with Gasteiger partial charge in [-0.05, 0) is 46.6 Å². The molecule has 0 spiro atoms. The second kappa shape index (κ2) is 8.29. The highest BCUT2D eigenvalue weighted by Gasteiger charge is 2.06. The summed E-state index contributed by atoms with van der Waals surface area (Å²) in [5, 5.41) is 5.31. The quantitative estimate of drug-likeness (QED) is 0.542. The first-order valence-electron chi connectivity index (χ1n) is 7.90. The third-order valence-electron chi connectivity index (χ3n) is 3.68. The number of hydrogen-bond acceptors (Lipinski definition) is 4. The molecule has 1 N–H and O–H groups in total. The Balaban J connectivity index is 1.65. The molecule has 4 nitrogen and oxygen atoms in total. The number of carbonyl (C=O) groups is 1. The average Bonchev–Trinajstić information content (AvgIpc) is 3.09. The highest BCUT2D eigenvalue weighted by Crippen LogP contribution is 2.27. The lowest BCUT2D eigenvalue weighted by Gasteiger charge is -2.03. The minimum absolute atomic E-state index is 0.221. The standard InChI is InChI=1S/C20H17BrN2O2S/c1-13-3-7-15(8-4-13)17-12-26-20(22-17)23-19(24)10-6-14-5-9-18(25-2)16(21)11-14/h3-12H,1-2H3,(H,22,23,24). The Kier molecular flexibility index (Phi) is 5.85. The largest absolute Gasteiger partial charge is 0.496 e. The topological polar surface area (TPSA) is 51.2 Å². The molecule has 132 valence electrons. The summed E-state index contributed by atoms with van der Waals surface area (Å²) in [4.78, 5) is 16.6. The molecule has 0 radical (unpaired) electrons. The van der Waals surface area contributed by atoms with Crippen LogP contribution in [0.1, 0.15) is 11.1 Å². The van der Waals surface area contributed by atoms with Crippen LogP contribution in [-0.2, 0) is 4.79 Å². The maximum Gasteiger partial charge on any atom is 0.250 e. The predicted molar refractivity (Wildman–Crippen MR) is 111 cm³/mol. The van der Waals surface area contributed by atoms with Crippen LogP contribution in [0, 0.1) is 6.92 Å². The molecular formula is C20H17BrN2O2S. The SMILES string of the molecule is COc1ccc(C=CC(=O)Nc2nc(-c3ccc(C)cc3)cs2)cc1Br. The number of hydrogen-bond donors (Lipinski definition) is 1. The fourth-order valence-electron chi connectivity index (χ4n) is 2.29. The van der Waals surface area contributed by atoms with Gasteiger partial charge in [-0.1, -0.05) is 35.9 Å². The monoisotopic (exact) mass is 428 g/mol. The number of carbonyl (C=O) groups excluding carboxylic acids is 1. The van der Waals surface area contributed by atoms with Crippen LogP contribution in [0.5, 0.6) is 5.75 Å². The maximum atomic E-state index is 12.1. The second-order valence-electron chi connectivity index (χ2n) is 5.62. The van der Waals surface area contributed by atoms with Crippen molar-refractivity contribution in [2.24, 2.45) is 0 Å². The van der Waals surface area contributed by atoms with Gasteiger partial charge in [-0.2, -0.15) is 0 Å². The van der Waals surface area contributed by atoms with Crippen molar-refractivity contribution in [3.63, 3.8) is 0 Å². The molecule has 1 heterocycles. The van der Waals surface area contributed by atoms with E-state index >= 15 is 0 Å². The molecule has 1 aromatic heterocycles. The van der Waals surface area contributed by atoms with Gasteiger partial charge in [-0.3, -0.25) is 10.1 Å². The van der Waals surface area contributed by atoms with E-state index in [1.807, 2.05) is 54.8 Å². The number of anilines is 1. The third-order valence-corrected chi connectivity index (χ3v) is 5.06. The lowest BCUT2D eigenvalue weighted by Crippen LogP contribution is -2.07. The summed E-state index contributed by atoms with van der Waals surface area (Å²) >= 11 is 4.83. The van der Waals surface area contributed by atoms with Gasteiger partial charge < -0.3 is 4.74 Å². The lowest BCUT2D eigenvalue weighted by molar-refractivity contribution is -0.111. The number of nitrogens with zero attached hydrogens (tertiary/aromatic N) is 1. The summed E-state index contributed by atoms with van der Waals surface area (Å²) < 4.78 is 6.03. The number of methoxy groups -OCH3 is 1. The van der Waals surface area contributed by atoms with E-state index in [2.05, 4.69) is 26.2 Å². The summed E-state index contributed by atoms with van der Waals surface area (Å²) in [5.74, 6) is 0.528. The third kappa shape index (κ3) is 4.59. The maximum absolute atomic E-state index is 12.1. The summed E-state index contributed by atoms with van der Waals surface area (Å²) in [6.07, 6.45) is 3.23. The zero-order chi connectivity index (χ0) is 18.5. The number of amides is 1. The summed E-state index contributed by atoms with van der Waals surface area (Å²) in [6, 6.07) is 13.8. The second-order valence-corrected chi connectivity index (χ2v) is 7.33. The van der Waals surface area contributed by atoms with E-state index in [0.717, 1.165) is 27.0 Å². The number of benzene rings is 2. The van der Waals surface area contributed by atoms with Crippen LogP contribution in [-0.4, -0.2) is 18.0 Å². The van der Waals surface area contributed by atoms with E-state index in [9.17, 15) is 4.79 Å². The Bertz CT molecular complexity index is 949. The van der Waals surface area contributed by atoms with E-state index < -0.39 is 0 Å². The lowest BCUT2D eigenvalue weighted by atomic mass is 10.1. The molecular weight excluding hydrogens is 412 g/mol. The van der Waals surface area contributed by atoms with E-state index in [4.69, 9.17) is 4.74 Å². The first-order chi connectivity index (χ1) is 12.5. The van der Waals surface area contributed by atoms with Gasteiger partial charge in [0.05, 0.1) is 17.3 Å². The van der Waals surface area contributed by atoms with E-state index in [1.54, 1.807) is 13.2 Å². The zero-order valence-electron chi connectivity index (χ0n) is 14.3. The first-order valence-corrected chi connectivity index (χ1v) is 9.57. The Morgan fingerprint density at radius 3 is 2.69 bits per heavy atom. The van der Waals surface area contributed by atoms with Crippen molar-refractivity contribution in [2.75, 3.05) is 12.4 Å². The number of rotatable bonds is 5. The van der Waals surface area contributed by atoms with Gasteiger partial charge in [0.2, 0.25) is 5.91 Å². The summed E-state index contributed by atoms with van der Waals surface area (Å²) in [5.41, 5.74) is 3.99. The van der Waals surface area contributed by atoms with Crippen LogP contribution in [0.3, 0.4) is 0 Å². The summed E-state index contributed by atoms with van der Waals surface area (Å²) in [6.45, 7) is 2.05. The summed E-state index contributed by atoms with van der Waals surface area (Å²) in [7, 11) is 1.61.